The van der Waals surface area contributed by atoms with E-state index < -0.39 is 0 Å². The van der Waals surface area contributed by atoms with Crippen LogP contribution < -0.4 is 5.32 Å². The van der Waals surface area contributed by atoms with Crippen molar-refractivity contribution < 1.29 is 0 Å². The predicted octanol–water partition coefficient (Wildman–Crippen LogP) is 3.95. The molecule has 160 valence electrons. The zero-order chi connectivity index (χ0) is 21.2. The molecule has 5 heterocycles. The molecule has 0 radical (unpaired) electrons. The van der Waals surface area contributed by atoms with Crippen molar-refractivity contribution in [2.24, 2.45) is 4.99 Å². The number of hydrogen-bond acceptors (Lipinski definition) is 5. The maximum absolute atomic E-state index is 9.06. The Morgan fingerprint density at radius 3 is 3.10 bits per heavy atom. The van der Waals surface area contributed by atoms with Crippen LogP contribution in [0, 0.1) is 12.3 Å². The average Bonchev–Trinajstić information content (AvgIpc) is 3.02. The van der Waals surface area contributed by atoms with Crippen molar-refractivity contribution >= 4 is 28.8 Å². The molecule has 7 nitrogen and oxygen atoms in total. The highest BCUT2D eigenvalue weighted by Crippen LogP contribution is 2.28. The molecule has 2 unspecified atom stereocenters. The molecule has 2 atom stereocenters. The first-order valence-electron chi connectivity index (χ1n) is 11.2. The Kier molecular flexibility index (Phi) is 5.51. The first kappa shape index (κ1) is 19.9. The van der Waals surface area contributed by atoms with Crippen LogP contribution in [0.5, 0.6) is 0 Å². The Hall–Kier alpha value is -3.06. The molecular formula is C24H29N7. The van der Waals surface area contributed by atoms with Gasteiger partial charge in [-0.05, 0) is 57.4 Å². The minimum absolute atomic E-state index is 0.386. The summed E-state index contributed by atoms with van der Waals surface area (Å²) in [6, 6.07) is 6.84. The number of likely N-dealkylation sites (tertiary alicyclic amines) is 1. The molecule has 0 saturated carbocycles. The zero-order valence-electron chi connectivity index (χ0n) is 17.9. The third kappa shape index (κ3) is 3.97. The number of nitrogens with one attached hydrogen (secondary N) is 3. The Morgan fingerprint density at radius 2 is 2.16 bits per heavy atom. The van der Waals surface area contributed by atoms with Crippen molar-refractivity contribution in [3.8, 4) is 0 Å². The molecule has 0 spiro atoms. The number of H-pyrrole nitrogens is 1. The highest BCUT2D eigenvalue weighted by atomic mass is 15.2. The van der Waals surface area contributed by atoms with Crippen LogP contribution in [0.3, 0.4) is 0 Å². The lowest BCUT2D eigenvalue weighted by molar-refractivity contribution is 0.186. The fourth-order valence-corrected chi connectivity index (χ4v) is 4.97. The normalized spacial score (nSPS) is 21.9. The van der Waals surface area contributed by atoms with Gasteiger partial charge in [0.2, 0.25) is 0 Å². The van der Waals surface area contributed by atoms with E-state index in [-0.39, 0.29) is 0 Å². The molecule has 0 aromatic carbocycles. The number of pyridine rings is 2. The van der Waals surface area contributed by atoms with Gasteiger partial charge in [-0.1, -0.05) is 6.42 Å². The molecule has 7 heteroatoms. The van der Waals surface area contributed by atoms with Gasteiger partial charge in [0.15, 0.2) is 0 Å². The standard InChI is InChI=1S/C24H29N7/c1-16-13-19-17(7-11-28-24(19)30-16)14-29-21-15-26-10-8-18(21)23(25)31-12-4-5-20-22(31)6-2-3-9-27-20/h7-8,10-11,13-15,20,22,25,27H,2-6,9,12H2,1H3,(H,28,30)/b25-23?,29-14+. The molecular weight excluding hydrogens is 386 g/mol. The fourth-order valence-electron chi connectivity index (χ4n) is 4.97. The van der Waals surface area contributed by atoms with Crippen LogP contribution in [0.1, 0.15) is 48.9 Å². The van der Waals surface area contributed by atoms with Crippen molar-refractivity contribution in [2.75, 3.05) is 13.1 Å². The van der Waals surface area contributed by atoms with Gasteiger partial charge in [-0.15, -0.1) is 0 Å². The van der Waals surface area contributed by atoms with Gasteiger partial charge in [0, 0.05) is 59.4 Å². The van der Waals surface area contributed by atoms with E-state index in [0.29, 0.717) is 17.9 Å². The molecule has 2 aliphatic rings. The summed E-state index contributed by atoms with van der Waals surface area (Å²) in [4.78, 5) is 19.0. The Labute approximate surface area is 182 Å². The third-order valence-corrected chi connectivity index (χ3v) is 6.50. The summed E-state index contributed by atoms with van der Waals surface area (Å²) in [6.45, 7) is 4.05. The molecule has 0 amide bonds. The molecule has 5 rings (SSSR count). The van der Waals surface area contributed by atoms with E-state index in [2.05, 4.69) is 31.2 Å². The Morgan fingerprint density at radius 1 is 1.23 bits per heavy atom. The third-order valence-electron chi connectivity index (χ3n) is 6.50. The molecule has 31 heavy (non-hydrogen) atoms. The number of aromatic nitrogens is 3. The number of aromatic amines is 1. The summed E-state index contributed by atoms with van der Waals surface area (Å²) in [5, 5.41) is 13.8. The van der Waals surface area contributed by atoms with Gasteiger partial charge in [0.05, 0.1) is 11.9 Å². The van der Waals surface area contributed by atoms with Crippen LogP contribution in [0.4, 0.5) is 5.69 Å². The highest BCUT2D eigenvalue weighted by molar-refractivity contribution is 6.03. The zero-order valence-corrected chi connectivity index (χ0v) is 17.9. The van der Waals surface area contributed by atoms with Crippen molar-refractivity contribution in [1.29, 1.82) is 5.41 Å². The minimum atomic E-state index is 0.386. The lowest BCUT2D eigenvalue weighted by Gasteiger charge is -2.42. The lowest BCUT2D eigenvalue weighted by atomic mass is 9.92. The molecule has 3 aromatic rings. The number of rotatable bonds is 3. The number of fused-ring (bicyclic) bond motifs is 2. The molecule has 2 aliphatic heterocycles. The quantitative estimate of drug-likeness (QED) is 0.446. The molecule has 0 aliphatic carbocycles. The fraction of sp³-hybridized carbons (Fsp3) is 0.417. The van der Waals surface area contributed by atoms with E-state index in [1.54, 1.807) is 18.6 Å². The van der Waals surface area contributed by atoms with Crippen LogP contribution in [0.15, 0.2) is 41.8 Å². The van der Waals surface area contributed by atoms with Gasteiger partial charge < -0.3 is 15.2 Å². The second-order valence-electron chi connectivity index (χ2n) is 8.57. The van der Waals surface area contributed by atoms with Crippen molar-refractivity contribution in [3.05, 3.63) is 53.6 Å². The van der Waals surface area contributed by atoms with Crippen molar-refractivity contribution in [3.63, 3.8) is 0 Å². The smallest absolute Gasteiger partial charge is 0.138 e. The van der Waals surface area contributed by atoms with Gasteiger partial charge in [-0.25, -0.2) is 4.98 Å². The Bertz CT molecular complexity index is 1120. The van der Waals surface area contributed by atoms with E-state index in [0.717, 1.165) is 59.5 Å². The average molecular weight is 416 g/mol. The number of amidine groups is 1. The second kappa shape index (κ2) is 8.59. The number of piperidine rings is 1. The molecule has 2 saturated heterocycles. The maximum atomic E-state index is 9.06. The van der Waals surface area contributed by atoms with Crippen molar-refractivity contribution in [2.45, 2.75) is 51.1 Å². The second-order valence-corrected chi connectivity index (χ2v) is 8.57. The van der Waals surface area contributed by atoms with Crippen LogP contribution in [-0.2, 0) is 0 Å². The van der Waals surface area contributed by atoms with E-state index in [4.69, 9.17) is 10.4 Å². The Balaban J connectivity index is 1.45. The first-order chi connectivity index (χ1) is 15.2. The summed E-state index contributed by atoms with van der Waals surface area (Å²) in [5.41, 5.74) is 4.51. The lowest BCUT2D eigenvalue weighted by Crippen LogP contribution is -2.55. The minimum Gasteiger partial charge on any atom is -0.352 e. The summed E-state index contributed by atoms with van der Waals surface area (Å²) < 4.78 is 0. The van der Waals surface area contributed by atoms with Crippen LogP contribution >= 0.6 is 0 Å². The number of hydrogen-bond donors (Lipinski definition) is 3. The maximum Gasteiger partial charge on any atom is 0.138 e. The summed E-state index contributed by atoms with van der Waals surface area (Å²) in [7, 11) is 0. The van der Waals surface area contributed by atoms with Crippen LogP contribution in [-0.4, -0.2) is 57.1 Å². The molecule has 2 fully saturated rings. The van der Waals surface area contributed by atoms with Gasteiger partial charge in [0.25, 0.3) is 0 Å². The monoisotopic (exact) mass is 415 g/mol. The van der Waals surface area contributed by atoms with Gasteiger partial charge in [0.1, 0.15) is 11.5 Å². The SMILES string of the molecule is Cc1cc2c(/C=N/c3cnccc3C(=N)N3CCCC4NCCCCC43)ccnc2[nH]1. The summed E-state index contributed by atoms with van der Waals surface area (Å²) in [5.74, 6) is 0.560. The topological polar surface area (TPSA) is 93.1 Å². The highest BCUT2D eigenvalue weighted by Gasteiger charge is 2.34. The predicted molar refractivity (Wildman–Crippen MR) is 125 cm³/mol. The first-order valence-corrected chi connectivity index (χ1v) is 11.2. The van der Waals surface area contributed by atoms with Gasteiger partial charge in [-0.3, -0.25) is 15.4 Å². The number of nitrogens with zero attached hydrogens (tertiary/aromatic N) is 4. The van der Waals surface area contributed by atoms with Gasteiger partial charge in [-0.2, -0.15) is 0 Å². The van der Waals surface area contributed by atoms with E-state index in [9.17, 15) is 0 Å². The van der Waals surface area contributed by atoms with E-state index in [1.807, 2.05) is 25.3 Å². The largest absolute Gasteiger partial charge is 0.352 e. The molecule has 0 bridgehead atoms. The van der Waals surface area contributed by atoms with Crippen LogP contribution in [0.25, 0.3) is 11.0 Å². The number of aryl methyl sites for hydroxylation is 1. The van der Waals surface area contributed by atoms with Gasteiger partial charge >= 0.3 is 0 Å². The molecule has 3 N–H and O–H groups in total. The van der Waals surface area contributed by atoms with E-state index >= 15 is 0 Å². The summed E-state index contributed by atoms with van der Waals surface area (Å²) in [6.07, 6.45) is 13.1. The molecule has 3 aromatic heterocycles. The number of aliphatic imine (C=N–C) groups is 1. The summed E-state index contributed by atoms with van der Waals surface area (Å²) >= 11 is 0. The van der Waals surface area contributed by atoms with Crippen LogP contribution in [0.2, 0.25) is 0 Å². The van der Waals surface area contributed by atoms with E-state index in [1.165, 1.54) is 19.3 Å². The van der Waals surface area contributed by atoms with Crippen molar-refractivity contribution in [1.82, 2.24) is 25.2 Å².